The van der Waals surface area contributed by atoms with Gasteiger partial charge in [-0.05, 0) is 45.1 Å². The lowest BCUT2D eigenvalue weighted by molar-refractivity contribution is -0.133. The van der Waals surface area contributed by atoms with Crippen LogP contribution in [0, 0.1) is 0 Å². The van der Waals surface area contributed by atoms with E-state index in [2.05, 4.69) is 22.0 Å². The predicted molar refractivity (Wildman–Crippen MR) is 85.3 cm³/mol. The zero-order valence-electron chi connectivity index (χ0n) is 13.5. The number of nitrogens with zero attached hydrogens (tertiary/aromatic N) is 2. The van der Waals surface area contributed by atoms with Gasteiger partial charge in [0.1, 0.15) is 0 Å². The highest BCUT2D eigenvalue weighted by Gasteiger charge is 2.36. The fourth-order valence-corrected chi connectivity index (χ4v) is 4.42. The first-order valence-electron chi connectivity index (χ1n) is 9.04. The summed E-state index contributed by atoms with van der Waals surface area (Å²) >= 11 is 0. The Bertz CT molecular complexity index is 340. The average molecular weight is 293 g/mol. The molecule has 0 aliphatic carbocycles. The summed E-state index contributed by atoms with van der Waals surface area (Å²) in [5.41, 5.74) is 0. The van der Waals surface area contributed by atoms with Crippen LogP contribution >= 0.6 is 0 Å². The van der Waals surface area contributed by atoms with E-state index in [0.29, 0.717) is 30.6 Å². The summed E-state index contributed by atoms with van der Waals surface area (Å²) in [6.45, 7) is 5.81. The molecule has 4 nitrogen and oxygen atoms in total. The van der Waals surface area contributed by atoms with Crippen LogP contribution in [0.5, 0.6) is 0 Å². The molecule has 21 heavy (non-hydrogen) atoms. The van der Waals surface area contributed by atoms with E-state index in [9.17, 15) is 4.79 Å². The first kappa shape index (κ1) is 15.3. The Hall–Kier alpha value is -0.610. The van der Waals surface area contributed by atoms with Crippen LogP contribution < -0.4 is 5.32 Å². The monoisotopic (exact) mass is 293 g/mol. The molecule has 3 heterocycles. The number of hydrogen-bond donors (Lipinski definition) is 1. The van der Waals surface area contributed by atoms with Crippen LogP contribution in [0.15, 0.2) is 0 Å². The van der Waals surface area contributed by atoms with E-state index >= 15 is 0 Å². The average Bonchev–Trinajstić information content (AvgIpc) is 2.73. The Morgan fingerprint density at radius 1 is 1.10 bits per heavy atom. The van der Waals surface area contributed by atoms with Crippen molar-refractivity contribution >= 4 is 5.91 Å². The minimum Gasteiger partial charge on any atom is -0.342 e. The van der Waals surface area contributed by atoms with E-state index < -0.39 is 0 Å². The second kappa shape index (κ2) is 7.10. The minimum atomic E-state index is 0.365. The molecule has 2 atom stereocenters. The number of amides is 1. The quantitative estimate of drug-likeness (QED) is 0.861. The number of rotatable bonds is 4. The summed E-state index contributed by atoms with van der Waals surface area (Å²) in [7, 11) is 0. The Kier molecular flexibility index (Phi) is 5.17. The third kappa shape index (κ3) is 3.78. The van der Waals surface area contributed by atoms with E-state index in [4.69, 9.17) is 0 Å². The summed E-state index contributed by atoms with van der Waals surface area (Å²) in [4.78, 5) is 17.2. The molecule has 2 unspecified atom stereocenters. The lowest BCUT2D eigenvalue weighted by atomic mass is 9.98. The maximum atomic E-state index is 12.6. The number of likely N-dealkylation sites (N-methyl/N-ethyl adjacent to an activating group) is 1. The normalized spacial score (nSPS) is 33.2. The summed E-state index contributed by atoms with van der Waals surface area (Å²) in [5, 5.41) is 3.70. The molecule has 4 heteroatoms. The highest BCUT2D eigenvalue weighted by molar-refractivity contribution is 5.78. The van der Waals surface area contributed by atoms with Crippen LogP contribution in [-0.4, -0.2) is 60.0 Å². The van der Waals surface area contributed by atoms with Gasteiger partial charge in [-0.25, -0.2) is 0 Å². The van der Waals surface area contributed by atoms with E-state index in [-0.39, 0.29) is 0 Å². The van der Waals surface area contributed by atoms with Gasteiger partial charge in [0, 0.05) is 31.2 Å². The van der Waals surface area contributed by atoms with E-state index in [0.717, 1.165) is 19.6 Å². The standard InChI is InChI=1S/C17H31N3O/c1-2-19(16-11-14-7-8-15(12-16)18-14)13-17(21)20-9-5-3-4-6-10-20/h14-16,18H,2-13H2,1H3. The molecule has 3 aliphatic heterocycles. The van der Waals surface area contributed by atoms with Gasteiger partial charge in [-0.3, -0.25) is 9.69 Å². The van der Waals surface area contributed by atoms with Crippen molar-refractivity contribution in [3.05, 3.63) is 0 Å². The SMILES string of the molecule is CCN(CC(=O)N1CCCCCC1)C1CC2CCC(C1)N2. The molecular weight excluding hydrogens is 262 g/mol. The molecule has 0 saturated carbocycles. The zero-order valence-corrected chi connectivity index (χ0v) is 13.5. The fraction of sp³-hybridized carbons (Fsp3) is 0.941. The second-order valence-corrected chi connectivity index (χ2v) is 7.12. The fourth-order valence-electron chi connectivity index (χ4n) is 4.42. The van der Waals surface area contributed by atoms with Gasteiger partial charge in [0.05, 0.1) is 6.54 Å². The molecule has 0 radical (unpaired) electrons. The number of carbonyl (C=O) groups excluding carboxylic acids is 1. The van der Waals surface area contributed by atoms with Gasteiger partial charge in [-0.1, -0.05) is 19.8 Å². The van der Waals surface area contributed by atoms with Gasteiger partial charge in [-0.2, -0.15) is 0 Å². The molecule has 3 saturated heterocycles. The summed E-state index contributed by atoms with van der Waals surface area (Å²) < 4.78 is 0. The molecule has 0 aromatic rings. The maximum Gasteiger partial charge on any atom is 0.236 e. The van der Waals surface area contributed by atoms with Gasteiger partial charge in [0.25, 0.3) is 0 Å². The number of carbonyl (C=O) groups is 1. The van der Waals surface area contributed by atoms with E-state index in [1.54, 1.807) is 0 Å². The first-order valence-corrected chi connectivity index (χ1v) is 9.04. The molecule has 1 N–H and O–H groups in total. The minimum absolute atomic E-state index is 0.365. The summed E-state index contributed by atoms with van der Waals surface area (Å²) in [6.07, 6.45) is 10.1. The van der Waals surface area contributed by atoms with Crippen LogP contribution in [0.1, 0.15) is 58.3 Å². The third-order valence-corrected chi connectivity index (χ3v) is 5.67. The smallest absolute Gasteiger partial charge is 0.236 e. The molecule has 1 amide bonds. The number of fused-ring (bicyclic) bond motifs is 2. The van der Waals surface area contributed by atoms with Crippen molar-refractivity contribution in [3.8, 4) is 0 Å². The van der Waals surface area contributed by atoms with Crippen LogP contribution in [0.4, 0.5) is 0 Å². The van der Waals surface area contributed by atoms with Crippen molar-refractivity contribution in [1.82, 2.24) is 15.1 Å². The Morgan fingerprint density at radius 2 is 1.71 bits per heavy atom. The van der Waals surface area contributed by atoms with Gasteiger partial charge < -0.3 is 10.2 Å². The second-order valence-electron chi connectivity index (χ2n) is 7.12. The van der Waals surface area contributed by atoms with Crippen molar-refractivity contribution in [2.24, 2.45) is 0 Å². The van der Waals surface area contributed by atoms with Crippen molar-refractivity contribution in [3.63, 3.8) is 0 Å². The largest absolute Gasteiger partial charge is 0.342 e. The first-order chi connectivity index (χ1) is 10.3. The molecule has 0 spiro atoms. The van der Waals surface area contributed by atoms with Crippen molar-refractivity contribution in [2.75, 3.05) is 26.2 Å². The van der Waals surface area contributed by atoms with Crippen LogP contribution in [0.25, 0.3) is 0 Å². The number of hydrogen-bond acceptors (Lipinski definition) is 3. The molecule has 0 aromatic carbocycles. The lowest BCUT2D eigenvalue weighted by Gasteiger charge is -2.37. The van der Waals surface area contributed by atoms with E-state index in [1.165, 1.54) is 51.4 Å². The van der Waals surface area contributed by atoms with Crippen LogP contribution in [0.2, 0.25) is 0 Å². The molecule has 0 aromatic heterocycles. The lowest BCUT2D eigenvalue weighted by Crippen LogP contribution is -2.51. The van der Waals surface area contributed by atoms with Crippen molar-refractivity contribution in [1.29, 1.82) is 0 Å². The Labute approximate surface area is 129 Å². The van der Waals surface area contributed by atoms with Gasteiger partial charge in [0.15, 0.2) is 0 Å². The molecule has 120 valence electrons. The van der Waals surface area contributed by atoms with Gasteiger partial charge in [0.2, 0.25) is 5.91 Å². The Balaban J connectivity index is 1.54. The summed E-state index contributed by atoms with van der Waals surface area (Å²) in [6, 6.07) is 2.02. The topological polar surface area (TPSA) is 35.6 Å². The predicted octanol–water partition coefficient (Wildman–Crippen LogP) is 1.99. The number of piperidine rings is 1. The van der Waals surface area contributed by atoms with Crippen LogP contribution in [-0.2, 0) is 4.79 Å². The van der Waals surface area contributed by atoms with Crippen molar-refractivity contribution in [2.45, 2.75) is 76.4 Å². The highest BCUT2D eigenvalue weighted by Crippen LogP contribution is 2.29. The molecule has 3 rings (SSSR count). The zero-order chi connectivity index (χ0) is 14.7. The number of nitrogens with one attached hydrogen (secondary N) is 1. The Morgan fingerprint density at radius 3 is 2.29 bits per heavy atom. The number of likely N-dealkylation sites (tertiary alicyclic amines) is 1. The summed E-state index contributed by atoms with van der Waals surface area (Å²) in [5.74, 6) is 0.365. The third-order valence-electron chi connectivity index (χ3n) is 5.67. The van der Waals surface area contributed by atoms with Crippen molar-refractivity contribution < 1.29 is 4.79 Å². The maximum absolute atomic E-state index is 12.6. The highest BCUT2D eigenvalue weighted by atomic mass is 16.2. The molecule has 3 fully saturated rings. The van der Waals surface area contributed by atoms with Crippen LogP contribution in [0.3, 0.4) is 0 Å². The van der Waals surface area contributed by atoms with Gasteiger partial charge in [-0.15, -0.1) is 0 Å². The van der Waals surface area contributed by atoms with Gasteiger partial charge >= 0.3 is 0 Å². The molecule has 2 bridgehead atoms. The molecule has 3 aliphatic rings. The van der Waals surface area contributed by atoms with E-state index in [1.807, 2.05) is 0 Å². The molecular formula is C17H31N3O.